The fraction of sp³-hybridized carbons (Fsp3) is 0.310. The van der Waals surface area contributed by atoms with Crippen molar-refractivity contribution in [3.63, 3.8) is 0 Å². The number of amides is 2. The van der Waals surface area contributed by atoms with Crippen molar-refractivity contribution in [3.05, 3.63) is 52.9 Å². The van der Waals surface area contributed by atoms with Gasteiger partial charge >= 0.3 is 0 Å². The van der Waals surface area contributed by atoms with Gasteiger partial charge in [0.05, 0.1) is 36.2 Å². The van der Waals surface area contributed by atoms with E-state index in [0.717, 1.165) is 23.7 Å². The van der Waals surface area contributed by atoms with E-state index < -0.39 is 0 Å². The summed E-state index contributed by atoms with van der Waals surface area (Å²) in [6, 6.07) is 10.9. The molecule has 2 aromatic carbocycles. The Kier molecular flexibility index (Phi) is 6.30. The van der Waals surface area contributed by atoms with Gasteiger partial charge in [-0.05, 0) is 49.2 Å². The molecule has 0 bridgehead atoms. The zero-order valence-electron chi connectivity index (χ0n) is 21.8. The van der Waals surface area contributed by atoms with Crippen LogP contribution in [0.1, 0.15) is 19.3 Å². The molecule has 2 amide bonds. The van der Waals surface area contributed by atoms with Crippen LogP contribution in [0.3, 0.4) is 0 Å². The Bertz CT molecular complexity index is 1800. The van der Waals surface area contributed by atoms with Crippen molar-refractivity contribution in [3.8, 4) is 17.2 Å². The van der Waals surface area contributed by atoms with E-state index in [9.17, 15) is 14.4 Å². The van der Waals surface area contributed by atoms with Crippen LogP contribution in [-0.2, 0) is 9.59 Å². The Morgan fingerprint density at radius 1 is 1.05 bits per heavy atom. The number of hydrogen-bond donors (Lipinski definition) is 1. The van der Waals surface area contributed by atoms with Gasteiger partial charge in [-0.1, -0.05) is 0 Å². The number of nitrogens with zero attached hydrogens (tertiary/aromatic N) is 3. The highest BCUT2D eigenvalue weighted by Gasteiger charge is 2.22. The summed E-state index contributed by atoms with van der Waals surface area (Å²) in [5.74, 6) is 1.30. The maximum atomic E-state index is 13.8. The number of carbonyl (C=O) groups is 2. The van der Waals surface area contributed by atoms with E-state index in [-0.39, 0.29) is 24.0 Å². The molecule has 1 fully saturated rings. The van der Waals surface area contributed by atoms with E-state index in [1.54, 1.807) is 22.7 Å². The third kappa shape index (κ3) is 4.12. The standard InChI is InChI=1S/C29H28N4O6/c1-37-22-9-7-19-25(28(22)38-2)29(36)33-21-8-6-17(15-20(21)18-10-12-31-26(19)27(18)33)39-16-23(34)30-11-4-14-32-13-3-5-24(32)35/h6-10,12,15H,3-5,11,13-14,16H2,1-2H3,(H,30,34). The average molecular weight is 529 g/mol. The van der Waals surface area contributed by atoms with Gasteiger partial charge in [-0.2, -0.15) is 0 Å². The number of benzene rings is 2. The summed E-state index contributed by atoms with van der Waals surface area (Å²) < 4.78 is 18.5. The normalized spacial score (nSPS) is 13.7. The molecule has 6 rings (SSSR count). The summed E-state index contributed by atoms with van der Waals surface area (Å²) in [6.45, 7) is 1.79. The number of pyridine rings is 2. The largest absolute Gasteiger partial charge is 0.493 e. The molecule has 10 nitrogen and oxygen atoms in total. The molecule has 0 radical (unpaired) electrons. The lowest BCUT2D eigenvalue weighted by Crippen LogP contribution is -2.33. The highest BCUT2D eigenvalue weighted by atomic mass is 16.5. The number of fused-ring (bicyclic) bond motifs is 5. The van der Waals surface area contributed by atoms with Crippen LogP contribution in [0.4, 0.5) is 0 Å². The van der Waals surface area contributed by atoms with Crippen molar-refractivity contribution < 1.29 is 23.8 Å². The molecule has 1 aliphatic rings. The summed E-state index contributed by atoms with van der Waals surface area (Å²) >= 11 is 0. The van der Waals surface area contributed by atoms with Gasteiger partial charge in [0.1, 0.15) is 5.75 Å². The highest BCUT2D eigenvalue weighted by Crippen LogP contribution is 2.39. The van der Waals surface area contributed by atoms with Gasteiger partial charge in [0, 0.05) is 48.4 Å². The minimum atomic E-state index is -0.235. The van der Waals surface area contributed by atoms with E-state index in [4.69, 9.17) is 14.2 Å². The summed E-state index contributed by atoms with van der Waals surface area (Å²) in [6.07, 6.45) is 3.94. The van der Waals surface area contributed by atoms with Crippen LogP contribution in [-0.4, -0.2) is 66.6 Å². The Balaban J connectivity index is 1.28. The highest BCUT2D eigenvalue weighted by molar-refractivity contribution is 6.19. The molecular weight excluding hydrogens is 500 g/mol. The van der Waals surface area contributed by atoms with Gasteiger partial charge in [-0.25, -0.2) is 0 Å². The molecule has 3 aromatic heterocycles. The molecule has 200 valence electrons. The Labute approximate surface area is 223 Å². The molecule has 0 atom stereocenters. The van der Waals surface area contributed by atoms with Crippen LogP contribution >= 0.6 is 0 Å². The maximum absolute atomic E-state index is 13.8. The number of nitrogens with one attached hydrogen (secondary N) is 1. The van der Waals surface area contributed by atoms with Crippen molar-refractivity contribution in [2.45, 2.75) is 19.3 Å². The van der Waals surface area contributed by atoms with Crippen LogP contribution in [0.2, 0.25) is 0 Å². The molecule has 1 N–H and O–H groups in total. The summed E-state index contributed by atoms with van der Waals surface area (Å²) in [5.41, 5.74) is 1.86. The van der Waals surface area contributed by atoms with Gasteiger partial charge < -0.3 is 24.4 Å². The Morgan fingerprint density at radius 2 is 1.92 bits per heavy atom. The number of carbonyl (C=O) groups excluding carboxylic acids is 2. The average Bonchev–Trinajstić information content (AvgIpc) is 3.52. The third-order valence-electron chi connectivity index (χ3n) is 7.33. The van der Waals surface area contributed by atoms with E-state index >= 15 is 0 Å². The minimum absolute atomic E-state index is 0.138. The fourth-order valence-corrected chi connectivity index (χ4v) is 5.53. The van der Waals surface area contributed by atoms with Crippen LogP contribution in [0.25, 0.3) is 38.1 Å². The second kappa shape index (κ2) is 9.94. The van der Waals surface area contributed by atoms with Crippen LogP contribution < -0.4 is 25.1 Å². The van der Waals surface area contributed by atoms with Gasteiger partial charge in [0.2, 0.25) is 5.91 Å². The van der Waals surface area contributed by atoms with Gasteiger partial charge in [-0.3, -0.25) is 23.8 Å². The summed E-state index contributed by atoms with van der Waals surface area (Å²) in [5, 5.41) is 5.59. The number of likely N-dealkylation sites (tertiary alicyclic amines) is 1. The lowest BCUT2D eigenvalue weighted by Gasteiger charge is -2.15. The molecule has 5 aromatic rings. The van der Waals surface area contributed by atoms with Crippen molar-refractivity contribution >= 4 is 49.9 Å². The Morgan fingerprint density at radius 3 is 2.69 bits per heavy atom. The van der Waals surface area contributed by atoms with Gasteiger partial charge in [0.25, 0.3) is 11.5 Å². The van der Waals surface area contributed by atoms with Crippen molar-refractivity contribution in [1.29, 1.82) is 0 Å². The molecule has 0 saturated carbocycles. The summed E-state index contributed by atoms with van der Waals surface area (Å²) in [7, 11) is 3.04. The zero-order chi connectivity index (χ0) is 27.1. The van der Waals surface area contributed by atoms with Gasteiger partial charge in [-0.15, -0.1) is 0 Å². The first kappa shape index (κ1) is 24.7. The SMILES string of the molecule is COc1ccc2c(c1OC)c(=O)n1c3ccc(OCC(=O)NCCCN4CCCC4=O)cc3c3ccnc2c31. The lowest BCUT2D eigenvalue weighted by molar-refractivity contribution is -0.127. The van der Waals surface area contributed by atoms with Crippen molar-refractivity contribution in [2.75, 3.05) is 40.5 Å². The molecule has 0 spiro atoms. The molecule has 0 aliphatic carbocycles. The predicted octanol–water partition coefficient (Wildman–Crippen LogP) is 3.12. The number of methoxy groups -OCH3 is 2. The quantitative estimate of drug-likeness (QED) is 0.231. The molecule has 10 heteroatoms. The number of ether oxygens (including phenoxy) is 3. The number of aromatic nitrogens is 2. The maximum Gasteiger partial charge on any atom is 0.267 e. The topological polar surface area (TPSA) is 111 Å². The molecular formula is C29H28N4O6. The molecule has 1 saturated heterocycles. The van der Waals surface area contributed by atoms with Crippen LogP contribution in [0.5, 0.6) is 17.2 Å². The monoisotopic (exact) mass is 528 g/mol. The van der Waals surface area contributed by atoms with Gasteiger partial charge in [0.15, 0.2) is 18.1 Å². The molecule has 0 unspecified atom stereocenters. The first-order valence-electron chi connectivity index (χ1n) is 12.9. The number of rotatable bonds is 9. The first-order valence-corrected chi connectivity index (χ1v) is 12.9. The fourth-order valence-electron chi connectivity index (χ4n) is 5.53. The minimum Gasteiger partial charge on any atom is -0.493 e. The van der Waals surface area contributed by atoms with E-state index in [2.05, 4.69) is 10.3 Å². The molecule has 4 heterocycles. The first-order chi connectivity index (χ1) is 19.0. The van der Waals surface area contributed by atoms with E-state index in [1.807, 2.05) is 29.2 Å². The van der Waals surface area contributed by atoms with Crippen LogP contribution in [0, 0.1) is 0 Å². The number of hydrogen-bond acceptors (Lipinski definition) is 7. The predicted molar refractivity (Wildman–Crippen MR) is 147 cm³/mol. The van der Waals surface area contributed by atoms with Crippen molar-refractivity contribution in [2.24, 2.45) is 0 Å². The van der Waals surface area contributed by atoms with E-state index in [1.165, 1.54) is 14.2 Å². The second-order valence-electron chi connectivity index (χ2n) is 9.58. The zero-order valence-corrected chi connectivity index (χ0v) is 21.8. The summed E-state index contributed by atoms with van der Waals surface area (Å²) in [4.78, 5) is 44.3. The smallest absolute Gasteiger partial charge is 0.267 e. The lowest BCUT2D eigenvalue weighted by atomic mass is 10.1. The molecule has 39 heavy (non-hydrogen) atoms. The van der Waals surface area contributed by atoms with Crippen molar-refractivity contribution in [1.82, 2.24) is 19.6 Å². The molecule has 1 aliphatic heterocycles. The third-order valence-corrected chi connectivity index (χ3v) is 7.33. The van der Waals surface area contributed by atoms with E-state index in [0.29, 0.717) is 70.5 Å². The second-order valence-corrected chi connectivity index (χ2v) is 9.58. The Hall–Kier alpha value is -4.60. The van der Waals surface area contributed by atoms with Crippen LogP contribution in [0.15, 0.2) is 47.4 Å².